The average Bonchev–Trinajstić information content (AvgIpc) is 3.20. The number of anilines is 1. The van der Waals surface area contributed by atoms with Gasteiger partial charge in [-0.1, -0.05) is 17.8 Å². The number of hydrogen-bond donors (Lipinski definition) is 1. The fraction of sp³-hybridized carbons (Fsp3) is 0.0952. The van der Waals surface area contributed by atoms with E-state index >= 15 is 0 Å². The Bertz CT molecular complexity index is 1320. The summed E-state index contributed by atoms with van der Waals surface area (Å²) in [6, 6.07) is 12.0. The molecule has 1 N–H and O–H groups in total. The number of amides is 1. The van der Waals surface area contributed by atoms with Crippen molar-refractivity contribution in [1.82, 2.24) is 9.55 Å². The molecule has 0 atom stereocenters. The van der Waals surface area contributed by atoms with Crippen molar-refractivity contribution in [1.29, 1.82) is 0 Å². The molecule has 0 aliphatic carbocycles. The van der Waals surface area contributed by atoms with Crippen molar-refractivity contribution in [3.05, 3.63) is 75.9 Å². The van der Waals surface area contributed by atoms with Crippen LogP contribution in [0.5, 0.6) is 0 Å². The molecule has 0 unspecified atom stereocenters. The summed E-state index contributed by atoms with van der Waals surface area (Å²) in [7, 11) is 0. The predicted octanol–water partition coefficient (Wildman–Crippen LogP) is 5.18. The number of fused-ring (bicyclic) bond motifs is 1. The van der Waals surface area contributed by atoms with Crippen molar-refractivity contribution in [2.24, 2.45) is 0 Å². The molecule has 0 aliphatic rings. The van der Waals surface area contributed by atoms with Crippen LogP contribution in [0.15, 0.2) is 68.8 Å². The zero-order valence-electron chi connectivity index (χ0n) is 16.1. The Morgan fingerprint density at radius 3 is 2.68 bits per heavy atom. The number of carbonyl (C=O) groups is 1. The summed E-state index contributed by atoms with van der Waals surface area (Å²) in [5.74, 6) is -1.95. The summed E-state index contributed by atoms with van der Waals surface area (Å²) in [4.78, 5) is 30.9. The van der Waals surface area contributed by atoms with E-state index in [1.807, 2.05) is 24.5 Å². The minimum atomic E-state index is -0.810. The second-order valence-electron chi connectivity index (χ2n) is 6.37. The topological polar surface area (TPSA) is 64.0 Å². The van der Waals surface area contributed by atoms with Gasteiger partial charge in [0.15, 0.2) is 5.16 Å². The smallest absolute Gasteiger partial charge is 0.276 e. The molecule has 0 spiro atoms. The Labute approximate surface area is 188 Å². The van der Waals surface area contributed by atoms with Crippen molar-refractivity contribution in [2.75, 3.05) is 17.3 Å². The number of rotatable bonds is 6. The van der Waals surface area contributed by atoms with Gasteiger partial charge in [-0.25, -0.2) is 13.8 Å². The van der Waals surface area contributed by atoms with Gasteiger partial charge in [0.1, 0.15) is 16.3 Å². The molecule has 158 valence electrons. The minimum absolute atomic E-state index is 0.0147. The Hall–Kier alpha value is -2.69. The van der Waals surface area contributed by atoms with Crippen LogP contribution in [0, 0.1) is 11.6 Å². The molecule has 0 saturated carbocycles. The van der Waals surface area contributed by atoms with Gasteiger partial charge in [0.2, 0.25) is 5.91 Å². The van der Waals surface area contributed by atoms with Crippen LogP contribution in [0.4, 0.5) is 14.5 Å². The van der Waals surface area contributed by atoms with E-state index in [1.54, 1.807) is 29.3 Å². The first kappa shape index (κ1) is 21.5. The van der Waals surface area contributed by atoms with E-state index in [4.69, 9.17) is 0 Å². The standard InChI is InChI=1S/C21H15F2N3O2S3/c1-29-16-4-2-3-14(10-16)24-18(27)11-31-21-25-17-5-6-30-19(17)20(28)26(21)15-8-12(22)7-13(23)9-15/h2-10H,11H2,1H3,(H,24,27). The predicted molar refractivity (Wildman–Crippen MR) is 123 cm³/mol. The zero-order valence-corrected chi connectivity index (χ0v) is 18.5. The molecule has 4 rings (SSSR count). The summed E-state index contributed by atoms with van der Waals surface area (Å²) in [5.41, 5.74) is 0.698. The average molecular weight is 476 g/mol. The number of carbonyl (C=O) groups excluding carboxylic acids is 1. The molecule has 0 radical (unpaired) electrons. The van der Waals surface area contributed by atoms with E-state index in [9.17, 15) is 18.4 Å². The Balaban J connectivity index is 1.65. The maximum absolute atomic E-state index is 13.8. The van der Waals surface area contributed by atoms with E-state index in [0.29, 0.717) is 15.9 Å². The van der Waals surface area contributed by atoms with Crippen LogP contribution in [0.2, 0.25) is 0 Å². The van der Waals surface area contributed by atoms with Gasteiger partial charge in [0.05, 0.1) is 17.0 Å². The van der Waals surface area contributed by atoms with Crippen LogP contribution in [0.25, 0.3) is 15.9 Å². The van der Waals surface area contributed by atoms with E-state index in [2.05, 4.69) is 10.3 Å². The molecule has 5 nitrogen and oxygen atoms in total. The Morgan fingerprint density at radius 1 is 1.16 bits per heavy atom. The number of nitrogens with zero attached hydrogens (tertiary/aromatic N) is 2. The molecule has 0 fully saturated rings. The normalized spacial score (nSPS) is 11.1. The Kier molecular flexibility index (Phi) is 6.40. The largest absolute Gasteiger partial charge is 0.325 e. The highest BCUT2D eigenvalue weighted by Crippen LogP contribution is 2.25. The number of halogens is 2. The lowest BCUT2D eigenvalue weighted by atomic mass is 10.3. The number of benzene rings is 2. The minimum Gasteiger partial charge on any atom is -0.325 e. The fourth-order valence-electron chi connectivity index (χ4n) is 2.91. The summed E-state index contributed by atoms with van der Waals surface area (Å²) in [6.45, 7) is 0. The maximum Gasteiger partial charge on any atom is 0.276 e. The van der Waals surface area contributed by atoms with Gasteiger partial charge in [-0.2, -0.15) is 0 Å². The molecule has 1 amide bonds. The lowest BCUT2D eigenvalue weighted by Gasteiger charge is -2.12. The highest BCUT2D eigenvalue weighted by Gasteiger charge is 2.17. The quantitative estimate of drug-likeness (QED) is 0.308. The maximum atomic E-state index is 13.8. The molecule has 2 heterocycles. The molecule has 0 aliphatic heterocycles. The van der Waals surface area contributed by atoms with E-state index in [0.717, 1.165) is 39.4 Å². The fourth-order valence-corrected chi connectivity index (χ4v) is 4.94. The second-order valence-corrected chi connectivity index (χ2v) is 9.10. The van der Waals surface area contributed by atoms with Crippen molar-refractivity contribution >= 4 is 56.7 Å². The van der Waals surface area contributed by atoms with Gasteiger partial charge in [0.25, 0.3) is 5.56 Å². The number of thioether (sulfide) groups is 2. The summed E-state index contributed by atoms with van der Waals surface area (Å²) in [6.07, 6.45) is 1.94. The van der Waals surface area contributed by atoms with E-state index in [-0.39, 0.29) is 22.5 Å². The molecule has 0 bridgehead atoms. The van der Waals surface area contributed by atoms with Gasteiger partial charge in [-0.3, -0.25) is 14.2 Å². The van der Waals surface area contributed by atoms with Gasteiger partial charge < -0.3 is 5.32 Å². The Morgan fingerprint density at radius 2 is 1.94 bits per heavy atom. The third kappa shape index (κ3) is 4.81. The molecule has 10 heteroatoms. The summed E-state index contributed by atoms with van der Waals surface area (Å²) >= 11 is 3.77. The van der Waals surface area contributed by atoms with Crippen LogP contribution in [-0.2, 0) is 4.79 Å². The van der Waals surface area contributed by atoms with Gasteiger partial charge in [-0.15, -0.1) is 23.1 Å². The lowest BCUT2D eigenvalue weighted by molar-refractivity contribution is -0.113. The molecular formula is C21H15F2N3O2S3. The van der Waals surface area contributed by atoms with Crippen molar-refractivity contribution in [3.8, 4) is 5.69 Å². The second kappa shape index (κ2) is 9.21. The first-order valence-corrected chi connectivity index (χ1v) is 12.1. The van der Waals surface area contributed by atoms with E-state index < -0.39 is 17.2 Å². The monoisotopic (exact) mass is 475 g/mol. The molecule has 31 heavy (non-hydrogen) atoms. The molecular weight excluding hydrogens is 460 g/mol. The van der Waals surface area contributed by atoms with Crippen LogP contribution in [0.1, 0.15) is 0 Å². The van der Waals surface area contributed by atoms with E-state index in [1.165, 1.54) is 11.3 Å². The van der Waals surface area contributed by atoms with Gasteiger partial charge in [0, 0.05) is 16.6 Å². The molecule has 4 aromatic rings. The number of hydrogen-bond acceptors (Lipinski definition) is 6. The van der Waals surface area contributed by atoms with Gasteiger partial charge >= 0.3 is 0 Å². The highest BCUT2D eigenvalue weighted by atomic mass is 32.2. The number of aromatic nitrogens is 2. The highest BCUT2D eigenvalue weighted by molar-refractivity contribution is 7.99. The van der Waals surface area contributed by atoms with Crippen LogP contribution < -0.4 is 10.9 Å². The van der Waals surface area contributed by atoms with Crippen LogP contribution in [0.3, 0.4) is 0 Å². The third-order valence-corrected chi connectivity index (χ3v) is 6.80. The third-order valence-electron chi connectivity index (χ3n) is 4.24. The SMILES string of the molecule is CSc1cccc(NC(=O)CSc2nc3ccsc3c(=O)n2-c2cc(F)cc(F)c2)c1. The molecule has 0 saturated heterocycles. The zero-order chi connectivity index (χ0) is 22.0. The van der Waals surface area contributed by atoms with Crippen molar-refractivity contribution < 1.29 is 13.6 Å². The van der Waals surface area contributed by atoms with Crippen LogP contribution >= 0.6 is 34.9 Å². The van der Waals surface area contributed by atoms with Crippen molar-refractivity contribution in [3.63, 3.8) is 0 Å². The van der Waals surface area contributed by atoms with Crippen LogP contribution in [-0.4, -0.2) is 27.5 Å². The first-order chi connectivity index (χ1) is 14.9. The molecule has 2 aromatic heterocycles. The first-order valence-electron chi connectivity index (χ1n) is 8.98. The summed E-state index contributed by atoms with van der Waals surface area (Å²) in [5, 5.41) is 4.70. The van der Waals surface area contributed by atoms with Crippen molar-refractivity contribution in [2.45, 2.75) is 10.1 Å². The lowest BCUT2D eigenvalue weighted by Crippen LogP contribution is -2.22. The number of nitrogens with one attached hydrogen (secondary N) is 1. The number of thiophene rings is 1. The summed E-state index contributed by atoms with van der Waals surface area (Å²) < 4.78 is 29.1. The molecule has 2 aromatic carbocycles. The van der Waals surface area contributed by atoms with Gasteiger partial charge in [-0.05, 0) is 48.0 Å².